The molecule has 0 heterocycles. The third kappa shape index (κ3) is 37.2. The lowest BCUT2D eigenvalue weighted by Gasteiger charge is -2.18. The van der Waals surface area contributed by atoms with Crippen LogP contribution in [0.4, 0.5) is 0 Å². The highest BCUT2D eigenvalue weighted by atomic mass is 31.2. The number of carbonyl (C=O) groups excluding carboxylic acids is 2. The van der Waals surface area contributed by atoms with E-state index in [1.165, 1.54) is 89.9 Å². The molecule has 0 rings (SSSR count). The maximum absolute atomic E-state index is 12.4. The van der Waals surface area contributed by atoms with Gasteiger partial charge in [-0.15, -0.1) is 0 Å². The van der Waals surface area contributed by atoms with E-state index in [-0.39, 0.29) is 19.4 Å². The normalized spacial score (nSPS) is 12.7. The Morgan fingerprint density at radius 3 is 1.34 bits per heavy atom. The van der Waals surface area contributed by atoms with Crippen LogP contribution in [0, 0.1) is 0 Å². The van der Waals surface area contributed by atoms with Gasteiger partial charge < -0.3 is 19.3 Å². The molecule has 8 nitrogen and oxygen atoms in total. The van der Waals surface area contributed by atoms with Gasteiger partial charge in [-0.05, 0) is 64.2 Å². The highest BCUT2D eigenvalue weighted by molar-refractivity contribution is 7.46. The third-order valence-electron chi connectivity index (χ3n) is 8.19. The Morgan fingerprint density at radius 1 is 0.532 bits per heavy atom. The number of allylic oxidation sites excluding steroid dienone is 4. The van der Waals surface area contributed by atoms with E-state index in [0.29, 0.717) is 12.8 Å². The molecule has 0 aliphatic rings. The fraction of sp³-hybridized carbons (Fsp3) is 0.842. The Hall–Kier alpha value is -1.47. The van der Waals surface area contributed by atoms with E-state index in [0.717, 1.165) is 57.8 Å². The molecular weight excluding hydrogens is 615 g/mol. The summed E-state index contributed by atoms with van der Waals surface area (Å²) in [5.74, 6) is -0.898. The third-order valence-corrected chi connectivity index (χ3v) is 8.68. The molecule has 0 bridgehead atoms. The lowest BCUT2D eigenvalue weighted by atomic mass is 10.1. The average molecular weight is 687 g/mol. The van der Waals surface area contributed by atoms with Crippen LogP contribution in [0.3, 0.4) is 0 Å². The highest BCUT2D eigenvalue weighted by Gasteiger charge is 2.22. The molecule has 0 radical (unpaired) electrons. The van der Waals surface area contributed by atoms with Crippen molar-refractivity contribution < 1.29 is 37.9 Å². The second-order valence-corrected chi connectivity index (χ2v) is 14.1. The fourth-order valence-electron chi connectivity index (χ4n) is 5.30. The molecular formula is C38H71O8P. The molecule has 0 amide bonds. The van der Waals surface area contributed by atoms with E-state index in [1.54, 1.807) is 0 Å². The minimum Gasteiger partial charge on any atom is -0.462 e. The number of esters is 2. The average Bonchev–Trinajstić information content (AvgIpc) is 3.04. The van der Waals surface area contributed by atoms with Crippen LogP contribution in [0.5, 0.6) is 0 Å². The van der Waals surface area contributed by atoms with Crippen molar-refractivity contribution >= 4 is 19.8 Å². The van der Waals surface area contributed by atoms with E-state index < -0.39 is 32.5 Å². The zero-order valence-electron chi connectivity index (χ0n) is 30.2. The number of ether oxygens (including phenoxy) is 2. The van der Waals surface area contributed by atoms with E-state index in [2.05, 4.69) is 42.7 Å². The first-order chi connectivity index (χ1) is 22.8. The van der Waals surface area contributed by atoms with Gasteiger partial charge in [-0.3, -0.25) is 14.1 Å². The molecule has 0 fully saturated rings. The predicted molar refractivity (Wildman–Crippen MR) is 193 cm³/mol. The van der Waals surface area contributed by atoms with Crippen LogP contribution in [0.2, 0.25) is 0 Å². The SMILES string of the molecule is CCCCC/C=C\CCCCCCCC(=O)OCC(COP(=O)(O)O)OC(=O)CCCCCCCCC/C=C\CCCCCCCC. The second-order valence-electron chi connectivity index (χ2n) is 12.9. The predicted octanol–water partition coefficient (Wildman–Crippen LogP) is 11.2. The summed E-state index contributed by atoms with van der Waals surface area (Å²) >= 11 is 0. The monoisotopic (exact) mass is 686 g/mol. The van der Waals surface area contributed by atoms with Crippen molar-refractivity contribution in [2.45, 2.75) is 193 Å². The van der Waals surface area contributed by atoms with Gasteiger partial charge in [0.1, 0.15) is 6.61 Å². The largest absolute Gasteiger partial charge is 0.469 e. The van der Waals surface area contributed by atoms with E-state index in [4.69, 9.17) is 19.3 Å². The molecule has 1 unspecified atom stereocenters. The summed E-state index contributed by atoms with van der Waals surface area (Å²) in [5.41, 5.74) is 0. The molecule has 0 aromatic heterocycles. The topological polar surface area (TPSA) is 119 Å². The summed E-state index contributed by atoms with van der Waals surface area (Å²) in [6, 6.07) is 0. The molecule has 0 aromatic rings. The number of phosphoric acid groups is 1. The maximum atomic E-state index is 12.4. The van der Waals surface area contributed by atoms with Crippen molar-refractivity contribution in [3.63, 3.8) is 0 Å². The Balaban J connectivity index is 3.96. The van der Waals surface area contributed by atoms with Gasteiger partial charge in [-0.1, -0.05) is 134 Å². The van der Waals surface area contributed by atoms with Crippen molar-refractivity contribution in [2.75, 3.05) is 13.2 Å². The summed E-state index contributed by atoms with van der Waals surface area (Å²) in [4.78, 5) is 42.7. The van der Waals surface area contributed by atoms with Crippen LogP contribution < -0.4 is 0 Å². The molecule has 0 aromatic carbocycles. The standard InChI is InChI=1S/C38H71O8P/c1-3-5-7-9-11-13-15-17-18-19-20-21-23-25-27-29-31-33-38(40)46-36(35-45-47(41,42)43)34-44-37(39)32-30-28-26-24-22-16-14-12-10-8-6-4-2/h12,14,17-18,36H,3-11,13,15-16,19-35H2,1-2H3,(H2,41,42,43)/b14-12-,18-17-. The Morgan fingerprint density at radius 2 is 0.894 bits per heavy atom. The molecule has 47 heavy (non-hydrogen) atoms. The molecule has 0 spiro atoms. The zero-order chi connectivity index (χ0) is 34.7. The van der Waals surface area contributed by atoms with Gasteiger partial charge in [0.25, 0.3) is 0 Å². The smallest absolute Gasteiger partial charge is 0.462 e. The van der Waals surface area contributed by atoms with Crippen molar-refractivity contribution in [1.82, 2.24) is 0 Å². The van der Waals surface area contributed by atoms with Crippen LogP contribution in [-0.2, 0) is 28.2 Å². The fourth-order valence-corrected chi connectivity index (χ4v) is 5.66. The van der Waals surface area contributed by atoms with E-state index >= 15 is 0 Å². The summed E-state index contributed by atoms with van der Waals surface area (Å²) < 4.78 is 26.3. The first-order valence-electron chi connectivity index (χ1n) is 19.1. The number of carbonyl (C=O) groups is 2. The van der Waals surface area contributed by atoms with Gasteiger partial charge in [0.05, 0.1) is 6.61 Å². The van der Waals surface area contributed by atoms with Crippen LogP contribution in [-0.4, -0.2) is 41.0 Å². The number of hydrogen-bond acceptors (Lipinski definition) is 6. The lowest BCUT2D eigenvalue weighted by Crippen LogP contribution is -2.29. The molecule has 276 valence electrons. The number of unbranched alkanes of at least 4 members (excludes halogenated alkanes) is 21. The first kappa shape index (κ1) is 45.5. The number of phosphoric ester groups is 1. The molecule has 0 aliphatic heterocycles. The van der Waals surface area contributed by atoms with Crippen LogP contribution in [0.1, 0.15) is 187 Å². The molecule has 9 heteroatoms. The Labute approximate surface area is 288 Å². The number of rotatable bonds is 35. The molecule has 0 saturated carbocycles. The lowest BCUT2D eigenvalue weighted by molar-refractivity contribution is -0.161. The van der Waals surface area contributed by atoms with Crippen molar-refractivity contribution in [3.8, 4) is 0 Å². The van der Waals surface area contributed by atoms with Crippen molar-refractivity contribution in [3.05, 3.63) is 24.3 Å². The highest BCUT2D eigenvalue weighted by Crippen LogP contribution is 2.36. The summed E-state index contributed by atoms with van der Waals surface area (Å²) in [7, 11) is -4.75. The summed E-state index contributed by atoms with van der Waals surface area (Å²) in [6.45, 7) is 3.64. The van der Waals surface area contributed by atoms with Gasteiger partial charge in [-0.25, -0.2) is 4.57 Å². The molecule has 1 atom stereocenters. The molecule has 0 aliphatic carbocycles. The zero-order valence-corrected chi connectivity index (χ0v) is 31.1. The van der Waals surface area contributed by atoms with Crippen molar-refractivity contribution in [1.29, 1.82) is 0 Å². The van der Waals surface area contributed by atoms with Crippen LogP contribution >= 0.6 is 7.82 Å². The van der Waals surface area contributed by atoms with Crippen molar-refractivity contribution in [2.24, 2.45) is 0 Å². The van der Waals surface area contributed by atoms with Gasteiger partial charge in [-0.2, -0.15) is 0 Å². The van der Waals surface area contributed by atoms with Gasteiger partial charge >= 0.3 is 19.8 Å². The Kier molecular flexibility index (Phi) is 33.3. The maximum Gasteiger partial charge on any atom is 0.469 e. The van der Waals surface area contributed by atoms with Gasteiger partial charge in [0.15, 0.2) is 6.10 Å². The first-order valence-corrected chi connectivity index (χ1v) is 20.7. The summed E-state index contributed by atoms with van der Waals surface area (Å²) in [6.07, 6.45) is 37.5. The second kappa shape index (κ2) is 34.4. The Bertz CT molecular complexity index is 823. The molecule has 0 saturated heterocycles. The van der Waals surface area contributed by atoms with Gasteiger partial charge in [0.2, 0.25) is 0 Å². The van der Waals surface area contributed by atoms with E-state index in [9.17, 15) is 14.2 Å². The number of hydrogen-bond donors (Lipinski definition) is 2. The minimum atomic E-state index is -4.75. The quantitative estimate of drug-likeness (QED) is 0.0292. The van der Waals surface area contributed by atoms with Gasteiger partial charge in [0, 0.05) is 12.8 Å². The van der Waals surface area contributed by atoms with Crippen LogP contribution in [0.25, 0.3) is 0 Å². The van der Waals surface area contributed by atoms with Crippen LogP contribution in [0.15, 0.2) is 24.3 Å². The molecule has 2 N–H and O–H groups in total. The summed E-state index contributed by atoms with van der Waals surface area (Å²) in [5, 5.41) is 0. The van der Waals surface area contributed by atoms with E-state index in [1.807, 2.05) is 0 Å². The minimum absolute atomic E-state index is 0.207.